The topological polar surface area (TPSA) is 56.8 Å². The molecule has 0 bridgehead atoms. The van der Waals surface area contributed by atoms with Crippen LogP contribution in [0.4, 0.5) is 5.69 Å². The van der Waals surface area contributed by atoms with Gasteiger partial charge in [-0.3, -0.25) is 4.79 Å². The Hall–Kier alpha value is -3.47. The van der Waals surface area contributed by atoms with Crippen molar-refractivity contribution >= 4 is 11.6 Å². The molecule has 0 aromatic heterocycles. The monoisotopic (exact) mass is 389 g/mol. The van der Waals surface area contributed by atoms with E-state index in [1.54, 1.807) is 7.11 Å². The molecule has 5 rings (SSSR count). The molecule has 0 saturated heterocycles. The minimum absolute atomic E-state index is 0. The van der Waals surface area contributed by atoms with Gasteiger partial charge in [-0.1, -0.05) is 36.4 Å². The number of para-hydroxylation sites is 1. The lowest BCUT2D eigenvalue weighted by Crippen LogP contribution is -2.27. The summed E-state index contributed by atoms with van der Waals surface area (Å²) in [4.78, 5) is 13.0. The molecular weight excluding hydrogens is 366 g/mol. The van der Waals surface area contributed by atoms with Gasteiger partial charge in [0.05, 0.1) is 12.5 Å². The van der Waals surface area contributed by atoms with Gasteiger partial charge in [-0.2, -0.15) is 0 Å². The van der Waals surface area contributed by atoms with Crippen LogP contribution >= 0.6 is 0 Å². The van der Waals surface area contributed by atoms with Crippen molar-refractivity contribution in [2.75, 3.05) is 19.2 Å². The first-order valence-corrected chi connectivity index (χ1v) is 9.65. The Morgan fingerprint density at radius 3 is 2.52 bits per heavy atom. The summed E-state index contributed by atoms with van der Waals surface area (Å²) in [6.45, 7) is 0.233. The molecule has 2 aliphatic rings. The van der Waals surface area contributed by atoms with Crippen molar-refractivity contribution < 1.29 is 20.4 Å². The van der Waals surface area contributed by atoms with Crippen LogP contribution in [-0.4, -0.2) is 19.8 Å². The number of fused-ring (bicyclic) bond motifs is 1. The minimum Gasteiger partial charge on any atom is -0.496 e. The zero-order chi connectivity index (χ0) is 19.8. The number of carbonyl (C=O) groups is 1. The Morgan fingerprint density at radius 1 is 1.00 bits per heavy atom. The van der Waals surface area contributed by atoms with E-state index in [2.05, 4.69) is 5.32 Å². The third-order valence-corrected chi connectivity index (χ3v) is 5.67. The summed E-state index contributed by atoms with van der Waals surface area (Å²) in [7, 11) is 1.67. The quantitative estimate of drug-likeness (QED) is 0.667. The third kappa shape index (κ3) is 3.09. The van der Waals surface area contributed by atoms with Crippen LogP contribution in [0.25, 0.3) is 11.1 Å². The van der Waals surface area contributed by atoms with Crippen molar-refractivity contribution in [1.82, 2.24) is 0 Å². The number of carbonyl (C=O) groups excluding carboxylic acids is 1. The Labute approximate surface area is 170 Å². The molecule has 3 aromatic rings. The number of hydrogen-bond acceptors (Lipinski definition) is 4. The highest BCUT2D eigenvalue weighted by Gasteiger charge is 2.51. The summed E-state index contributed by atoms with van der Waals surface area (Å²) >= 11 is 0. The van der Waals surface area contributed by atoms with Crippen LogP contribution in [-0.2, 0) is 10.2 Å². The molecule has 0 unspecified atom stereocenters. The fraction of sp³-hybridized carbons (Fsp3) is 0.208. The molecule has 1 saturated carbocycles. The van der Waals surface area contributed by atoms with E-state index in [1.165, 1.54) is 0 Å². The molecule has 1 amide bonds. The summed E-state index contributed by atoms with van der Waals surface area (Å²) in [6.07, 6.45) is 1.66. The molecule has 1 fully saturated rings. The van der Waals surface area contributed by atoms with Crippen LogP contribution in [0.5, 0.6) is 17.2 Å². The van der Waals surface area contributed by atoms with E-state index in [1.807, 2.05) is 66.7 Å². The van der Waals surface area contributed by atoms with E-state index in [0.717, 1.165) is 46.7 Å². The molecule has 5 nitrogen and oxygen atoms in total. The Balaban J connectivity index is 0.00000218. The molecule has 1 heterocycles. The Kier molecular flexibility index (Phi) is 4.16. The zero-order valence-corrected chi connectivity index (χ0v) is 16.1. The van der Waals surface area contributed by atoms with Crippen molar-refractivity contribution in [2.24, 2.45) is 0 Å². The SMILES string of the molecule is COc1ccccc1-c1ccc(NC(=O)C2(c3ccc4c(c3)OCO4)CC2)cc1.[HH]. The van der Waals surface area contributed by atoms with Crippen molar-refractivity contribution in [2.45, 2.75) is 18.3 Å². The van der Waals surface area contributed by atoms with Gasteiger partial charge < -0.3 is 19.5 Å². The Bertz CT molecular complexity index is 1080. The van der Waals surface area contributed by atoms with Crippen LogP contribution in [0.2, 0.25) is 0 Å². The molecule has 0 atom stereocenters. The van der Waals surface area contributed by atoms with Gasteiger partial charge in [-0.05, 0) is 54.3 Å². The zero-order valence-electron chi connectivity index (χ0n) is 16.1. The first-order chi connectivity index (χ1) is 14.2. The molecule has 5 heteroatoms. The molecule has 0 spiro atoms. The molecule has 1 aliphatic heterocycles. The summed E-state index contributed by atoms with van der Waals surface area (Å²) in [5.74, 6) is 2.28. The summed E-state index contributed by atoms with van der Waals surface area (Å²) in [6, 6.07) is 21.5. The van der Waals surface area contributed by atoms with Crippen molar-refractivity contribution in [3.63, 3.8) is 0 Å². The smallest absolute Gasteiger partial charge is 0.235 e. The van der Waals surface area contributed by atoms with E-state index in [0.29, 0.717) is 5.75 Å². The number of nitrogens with one attached hydrogen (secondary N) is 1. The van der Waals surface area contributed by atoms with Gasteiger partial charge in [0.1, 0.15) is 5.75 Å². The minimum atomic E-state index is -0.484. The van der Waals surface area contributed by atoms with Crippen molar-refractivity contribution in [1.29, 1.82) is 0 Å². The van der Waals surface area contributed by atoms with E-state index in [9.17, 15) is 4.79 Å². The molecule has 0 radical (unpaired) electrons. The predicted octanol–water partition coefficient (Wildman–Crippen LogP) is 5.01. The van der Waals surface area contributed by atoms with Gasteiger partial charge >= 0.3 is 0 Å². The van der Waals surface area contributed by atoms with Gasteiger partial charge in [0.25, 0.3) is 0 Å². The highest BCUT2D eigenvalue weighted by Crippen LogP contribution is 2.51. The van der Waals surface area contributed by atoms with E-state index in [-0.39, 0.29) is 14.1 Å². The average molecular weight is 389 g/mol. The first kappa shape index (κ1) is 17.6. The van der Waals surface area contributed by atoms with E-state index in [4.69, 9.17) is 14.2 Å². The molecule has 1 N–H and O–H groups in total. The maximum absolute atomic E-state index is 13.0. The first-order valence-electron chi connectivity index (χ1n) is 9.65. The average Bonchev–Trinajstić information content (AvgIpc) is 3.45. The van der Waals surface area contributed by atoms with Crippen molar-refractivity contribution in [3.8, 4) is 28.4 Å². The molecule has 148 valence electrons. The van der Waals surface area contributed by atoms with Gasteiger partial charge in [0.2, 0.25) is 12.7 Å². The van der Waals surface area contributed by atoms with E-state index < -0.39 is 5.41 Å². The van der Waals surface area contributed by atoms with Gasteiger partial charge in [-0.15, -0.1) is 0 Å². The van der Waals surface area contributed by atoms with Gasteiger partial charge in [0.15, 0.2) is 11.5 Å². The van der Waals surface area contributed by atoms with Crippen LogP contribution in [0.3, 0.4) is 0 Å². The summed E-state index contributed by atoms with van der Waals surface area (Å²) < 4.78 is 16.3. The number of ether oxygens (including phenoxy) is 3. The maximum atomic E-state index is 13.0. The molecule has 1 aliphatic carbocycles. The molecule has 3 aromatic carbocycles. The highest BCUT2D eigenvalue weighted by molar-refractivity contribution is 6.01. The van der Waals surface area contributed by atoms with Crippen molar-refractivity contribution in [3.05, 3.63) is 72.3 Å². The van der Waals surface area contributed by atoms with Gasteiger partial charge in [-0.25, -0.2) is 0 Å². The number of rotatable bonds is 5. The second-order valence-electron chi connectivity index (χ2n) is 7.38. The van der Waals surface area contributed by atoms with Crippen LogP contribution in [0.1, 0.15) is 19.8 Å². The third-order valence-electron chi connectivity index (χ3n) is 5.67. The second-order valence-corrected chi connectivity index (χ2v) is 7.38. The summed E-state index contributed by atoms with van der Waals surface area (Å²) in [5.41, 5.74) is 3.33. The second kappa shape index (κ2) is 6.85. The van der Waals surface area contributed by atoms with Crippen LogP contribution < -0.4 is 19.5 Å². The highest BCUT2D eigenvalue weighted by atomic mass is 16.7. The number of anilines is 1. The lowest BCUT2D eigenvalue weighted by Gasteiger charge is -2.17. The largest absolute Gasteiger partial charge is 0.496 e. The maximum Gasteiger partial charge on any atom is 0.235 e. The molecular formula is C24H23NO4. The normalized spacial score (nSPS) is 15.6. The summed E-state index contributed by atoms with van der Waals surface area (Å²) in [5, 5.41) is 3.08. The predicted molar refractivity (Wildman–Crippen MR) is 113 cm³/mol. The van der Waals surface area contributed by atoms with Crippen LogP contribution in [0, 0.1) is 0 Å². The fourth-order valence-electron chi connectivity index (χ4n) is 3.83. The lowest BCUT2D eigenvalue weighted by molar-refractivity contribution is -0.118. The number of benzene rings is 3. The number of methoxy groups -OCH3 is 1. The number of amides is 1. The number of hydrogen-bond donors (Lipinski definition) is 1. The molecule has 29 heavy (non-hydrogen) atoms. The lowest BCUT2D eigenvalue weighted by atomic mass is 9.94. The van der Waals surface area contributed by atoms with Crippen LogP contribution in [0.15, 0.2) is 66.7 Å². The van der Waals surface area contributed by atoms with E-state index >= 15 is 0 Å². The fourth-order valence-corrected chi connectivity index (χ4v) is 3.83. The standard InChI is InChI=1S/C24H21NO4.H2/c1-27-20-5-3-2-4-19(20)16-6-9-18(10-7-16)25-23(26)24(12-13-24)17-8-11-21-22(14-17)29-15-28-21;/h2-11,14H,12-13,15H2,1H3,(H,25,26);1H. The van der Waals surface area contributed by atoms with Gasteiger partial charge in [0, 0.05) is 12.7 Å². The Morgan fingerprint density at radius 2 is 1.76 bits per heavy atom.